The number of halogens is 2. The van der Waals surface area contributed by atoms with Gasteiger partial charge in [-0.05, 0) is 15.9 Å². The van der Waals surface area contributed by atoms with Crippen LogP contribution in [0.4, 0.5) is 10.2 Å². The average molecular weight is 303 g/mol. The number of nitrogens with zero attached hydrogens (tertiary/aromatic N) is 1. The Kier molecular flexibility index (Phi) is 2.93. The molecule has 2 rings (SSSR count). The largest absolute Gasteiger partial charge is 0.504 e. The van der Waals surface area contributed by atoms with Crippen molar-refractivity contribution < 1.29 is 18.8 Å². The SMILES string of the molecule is COc1cc(Br)c(F)c(-c2cc(N)no2)c1O. The first-order valence-corrected chi connectivity index (χ1v) is 5.31. The number of methoxy groups -OCH3 is 1. The van der Waals surface area contributed by atoms with E-state index in [1.54, 1.807) is 0 Å². The Morgan fingerprint density at radius 3 is 2.76 bits per heavy atom. The molecule has 0 bridgehead atoms. The summed E-state index contributed by atoms with van der Waals surface area (Å²) in [5.41, 5.74) is 5.22. The summed E-state index contributed by atoms with van der Waals surface area (Å²) in [5.74, 6) is -0.818. The molecule has 0 aliphatic carbocycles. The number of hydrogen-bond donors (Lipinski definition) is 2. The molecule has 0 unspecified atom stereocenters. The number of phenolic OH excluding ortho intramolecular Hbond substituents is 1. The topological polar surface area (TPSA) is 81.5 Å². The van der Waals surface area contributed by atoms with Gasteiger partial charge in [-0.15, -0.1) is 0 Å². The van der Waals surface area contributed by atoms with Gasteiger partial charge in [-0.2, -0.15) is 0 Å². The Labute approximate surface area is 104 Å². The van der Waals surface area contributed by atoms with Crippen LogP contribution in [0.15, 0.2) is 21.1 Å². The molecule has 0 radical (unpaired) electrons. The van der Waals surface area contributed by atoms with Gasteiger partial charge in [-0.3, -0.25) is 0 Å². The molecule has 0 saturated carbocycles. The van der Waals surface area contributed by atoms with E-state index >= 15 is 0 Å². The van der Waals surface area contributed by atoms with Crippen LogP contribution in [-0.4, -0.2) is 17.4 Å². The van der Waals surface area contributed by atoms with Gasteiger partial charge in [0.1, 0.15) is 5.56 Å². The maximum atomic E-state index is 13.9. The molecular formula is C10H8BrFN2O3. The summed E-state index contributed by atoms with van der Waals surface area (Å²) in [4.78, 5) is 0. The lowest BCUT2D eigenvalue weighted by Gasteiger charge is -2.09. The van der Waals surface area contributed by atoms with Crippen molar-refractivity contribution in [3.63, 3.8) is 0 Å². The third kappa shape index (κ3) is 1.93. The predicted molar refractivity (Wildman–Crippen MR) is 62.2 cm³/mol. The van der Waals surface area contributed by atoms with Crippen LogP contribution in [0.25, 0.3) is 11.3 Å². The van der Waals surface area contributed by atoms with Crippen molar-refractivity contribution in [3.8, 4) is 22.8 Å². The number of rotatable bonds is 2. The van der Waals surface area contributed by atoms with Crippen LogP contribution in [0.1, 0.15) is 0 Å². The maximum Gasteiger partial charge on any atom is 0.175 e. The van der Waals surface area contributed by atoms with E-state index in [0.29, 0.717) is 0 Å². The summed E-state index contributed by atoms with van der Waals surface area (Å²) < 4.78 is 23.7. The summed E-state index contributed by atoms with van der Waals surface area (Å²) in [5, 5.41) is 13.3. The number of phenols is 1. The standard InChI is InChI=1S/C10H8BrFN2O3/c1-16-6-2-4(11)9(12)8(10(6)15)5-3-7(13)14-17-5/h2-3,15H,1H3,(H2,13,14). The van der Waals surface area contributed by atoms with E-state index in [-0.39, 0.29) is 33.1 Å². The number of aromatic nitrogens is 1. The number of nitrogen functional groups attached to an aromatic ring is 1. The van der Waals surface area contributed by atoms with Gasteiger partial charge in [-0.25, -0.2) is 4.39 Å². The average Bonchev–Trinajstić information content (AvgIpc) is 2.70. The van der Waals surface area contributed by atoms with Crippen LogP contribution in [0.2, 0.25) is 0 Å². The van der Waals surface area contributed by atoms with E-state index in [4.69, 9.17) is 15.0 Å². The Hall–Kier alpha value is -1.76. The zero-order chi connectivity index (χ0) is 12.6. The van der Waals surface area contributed by atoms with E-state index in [1.165, 1.54) is 19.2 Å². The highest BCUT2D eigenvalue weighted by Crippen LogP contribution is 2.42. The van der Waals surface area contributed by atoms with Crippen molar-refractivity contribution in [1.29, 1.82) is 0 Å². The molecule has 1 heterocycles. The van der Waals surface area contributed by atoms with E-state index in [1.807, 2.05) is 0 Å². The zero-order valence-corrected chi connectivity index (χ0v) is 10.3. The molecule has 0 fully saturated rings. The normalized spacial score (nSPS) is 10.5. The van der Waals surface area contributed by atoms with Gasteiger partial charge in [0.15, 0.2) is 28.9 Å². The van der Waals surface area contributed by atoms with Gasteiger partial charge >= 0.3 is 0 Å². The second kappa shape index (κ2) is 4.25. The molecule has 7 heteroatoms. The van der Waals surface area contributed by atoms with Gasteiger partial charge in [0.25, 0.3) is 0 Å². The van der Waals surface area contributed by atoms with Gasteiger partial charge in [0.05, 0.1) is 11.6 Å². The minimum atomic E-state index is -0.681. The van der Waals surface area contributed by atoms with Crippen LogP contribution in [-0.2, 0) is 0 Å². The molecule has 90 valence electrons. The first kappa shape index (κ1) is 11.7. The van der Waals surface area contributed by atoms with Gasteiger partial charge in [-0.1, -0.05) is 5.16 Å². The number of aromatic hydroxyl groups is 1. The highest BCUT2D eigenvalue weighted by Gasteiger charge is 2.22. The predicted octanol–water partition coefficient (Wildman–Crippen LogP) is 2.54. The lowest BCUT2D eigenvalue weighted by molar-refractivity contribution is 0.368. The molecular weight excluding hydrogens is 295 g/mol. The maximum absolute atomic E-state index is 13.9. The van der Waals surface area contributed by atoms with Crippen LogP contribution in [0, 0.1) is 5.82 Å². The number of anilines is 1. The second-order valence-electron chi connectivity index (χ2n) is 3.21. The molecule has 1 aromatic carbocycles. The van der Waals surface area contributed by atoms with E-state index in [0.717, 1.165) is 0 Å². The van der Waals surface area contributed by atoms with Crippen molar-refractivity contribution >= 4 is 21.7 Å². The Morgan fingerprint density at radius 1 is 1.53 bits per heavy atom. The van der Waals surface area contributed by atoms with Gasteiger partial charge in [0.2, 0.25) is 0 Å². The summed E-state index contributed by atoms with van der Waals surface area (Å²) in [6.45, 7) is 0. The first-order chi connectivity index (χ1) is 8.04. The molecule has 0 aliphatic rings. The Morgan fingerprint density at radius 2 is 2.24 bits per heavy atom. The summed E-state index contributed by atoms with van der Waals surface area (Å²) in [7, 11) is 1.36. The highest BCUT2D eigenvalue weighted by molar-refractivity contribution is 9.10. The number of nitrogens with two attached hydrogens (primary N) is 1. The highest BCUT2D eigenvalue weighted by atomic mass is 79.9. The van der Waals surface area contributed by atoms with Crippen molar-refractivity contribution in [2.24, 2.45) is 0 Å². The molecule has 0 spiro atoms. The fourth-order valence-corrected chi connectivity index (χ4v) is 1.79. The van der Waals surface area contributed by atoms with Crippen LogP contribution < -0.4 is 10.5 Å². The third-order valence-electron chi connectivity index (χ3n) is 2.15. The Balaban J connectivity index is 2.71. The molecule has 0 saturated heterocycles. The first-order valence-electron chi connectivity index (χ1n) is 4.52. The summed E-state index contributed by atoms with van der Waals surface area (Å²) >= 11 is 3.02. The van der Waals surface area contributed by atoms with Gasteiger partial charge < -0.3 is 20.1 Å². The molecule has 0 amide bonds. The van der Waals surface area contributed by atoms with E-state index in [9.17, 15) is 9.50 Å². The minimum Gasteiger partial charge on any atom is -0.504 e. The molecule has 3 N–H and O–H groups in total. The fourth-order valence-electron chi connectivity index (χ4n) is 1.38. The second-order valence-corrected chi connectivity index (χ2v) is 4.07. The number of ether oxygens (including phenoxy) is 1. The third-order valence-corrected chi connectivity index (χ3v) is 2.73. The van der Waals surface area contributed by atoms with Gasteiger partial charge in [0, 0.05) is 12.1 Å². The molecule has 2 aromatic rings. The summed E-state index contributed by atoms with van der Waals surface area (Å²) in [6.07, 6.45) is 0. The van der Waals surface area contributed by atoms with Crippen LogP contribution >= 0.6 is 15.9 Å². The molecule has 0 atom stereocenters. The lowest BCUT2D eigenvalue weighted by atomic mass is 10.1. The number of hydrogen-bond acceptors (Lipinski definition) is 5. The fraction of sp³-hybridized carbons (Fsp3) is 0.100. The van der Waals surface area contributed by atoms with Crippen molar-refractivity contribution in [2.75, 3.05) is 12.8 Å². The van der Waals surface area contributed by atoms with Crippen molar-refractivity contribution in [2.45, 2.75) is 0 Å². The molecule has 5 nitrogen and oxygen atoms in total. The van der Waals surface area contributed by atoms with Crippen molar-refractivity contribution in [1.82, 2.24) is 5.16 Å². The molecule has 17 heavy (non-hydrogen) atoms. The summed E-state index contributed by atoms with van der Waals surface area (Å²) in [6, 6.07) is 2.62. The van der Waals surface area contributed by atoms with Crippen LogP contribution in [0.5, 0.6) is 11.5 Å². The molecule has 1 aromatic heterocycles. The lowest BCUT2D eigenvalue weighted by Crippen LogP contribution is -1.91. The van der Waals surface area contributed by atoms with Crippen molar-refractivity contribution in [3.05, 3.63) is 22.4 Å². The quantitative estimate of drug-likeness (QED) is 0.891. The minimum absolute atomic E-state index is 0.0251. The van der Waals surface area contributed by atoms with E-state index in [2.05, 4.69) is 21.1 Å². The number of benzene rings is 1. The smallest absolute Gasteiger partial charge is 0.175 e. The van der Waals surface area contributed by atoms with Crippen LogP contribution in [0.3, 0.4) is 0 Å². The Bertz CT molecular complexity index is 571. The van der Waals surface area contributed by atoms with E-state index < -0.39 is 5.82 Å². The molecule has 0 aliphatic heterocycles. The monoisotopic (exact) mass is 302 g/mol. The zero-order valence-electron chi connectivity index (χ0n) is 8.70.